The first-order chi connectivity index (χ1) is 7.35. The summed E-state index contributed by atoms with van der Waals surface area (Å²) in [7, 11) is 1.84. The van der Waals surface area contributed by atoms with Crippen molar-refractivity contribution >= 4 is 12.2 Å². The maximum absolute atomic E-state index is 10.8. The quantitative estimate of drug-likeness (QED) is 0.759. The van der Waals surface area contributed by atoms with Crippen LogP contribution in [0, 0.1) is 0 Å². The number of likely N-dealkylation sites (tertiary alicyclic amines) is 1. The van der Waals surface area contributed by atoms with Gasteiger partial charge in [0.05, 0.1) is 6.04 Å². The van der Waals surface area contributed by atoms with E-state index in [-0.39, 0.29) is 6.04 Å². The molecule has 1 atom stereocenters. The molecule has 1 fully saturated rings. The lowest BCUT2D eigenvalue weighted by Gasteiger charge is -2.19. The second-order valence-electron chi connectivity index (χ2n) is 3.73. The lowest BCUT2D eigenvalue weighted by Crippen LogP contribution is -2.21. The monoisotopic (exact) mass is 205 g/mol. The Morgan fingerprint density at radius 1 is 1.60 bits per heavy atom. The molecule has 1 unspecified atom stereocenters. The number of carbonyl (C=O) groups excluding carboxylic acids is 1. The van der Waals surface area contributed by atoms with Gasteiger partial charge in [-0.1, -0.05) is 6.07 Å². The van der Waals surface area contributed by atoms with Crippen LogP contribution in [0.4, 0.5) is 5.82 Å². The van der Waals surface area contributed by atoms with E-state index in [0.29, 0.717) is 0 Å². The Kier molecular flexibility index (Phi) is 2.85. The van der Waals surface area contributed by atoms with E-state index >= 15 is 0 Å². The molecule has 80 valence electrons. The highest BCUT2D eigenvalue weighted by atomic mass is 16.1. The number of carbonyl (C=O) groups is 1. The Balaban J connectivity index is 2.17. The smallest absolute Gasteiger partial charge is 0.210 e. The van der Waals surface area contributed by atoms with Crippen LogP contribution in [0.5, 0.6) is 0 Å². The minimum Gasteiger partial charge on any atom is -0.373 e. The molecule has 1 N–H and O–H groups in total. The Hall–Kier alpha value is -1.58. The zero-order valence-electron chi connectivity index (χ0n) is 8.81. The van der Waals surface area contributed by atoms with E-state index in [2.05, 4.69) is 10.3 Å². The number of amides is 1. The van der Waals surface area contributed by atoms with Gasteiger partial charge in [-0.2, -0.15) is 0 Å². The highest BCUT2D eigenvalue weighted by Gasteiger charge is 2.24. The molecule has 1 aromatic rings. The van der Waals surface area contributed by atoms with E-state index in [1.54, 1.807) is 0 Å². The first-order valence-electron chi connectivity index (χ1n) is 5.20. The molecule has 0 saturated carbocycles. The molecule has 2 heterocycles. The lowest BCUT2D eigenvalue weighted by atomic mass is 10.1. The summed E-state index contributed by atoms with van der Waals surface area (Å²) in [5.74, 6) is 0.856. The fraction of sp³-hybridized carbons (Fsp3) is 0.455. The molecule has 15 heavy (non-hydrogen) atoms. The third-order valence-electron chi connectivity index (χ3n) is 2.86. The van der Waals surface area contributed by atoms with Crippen LogP contribution in [0.1, 0.15) is 24.4 Å². The van der Waals surface area contributed by atoms with E-state index in [0.717, 1.165) is 37.2 Å². The Bertz CT molecular complexity index is 336. The van der Waals surface area contributed by atoms with Gasteiger partial charge in [0.25, 0.3) is 0 Å². The maximum atomic E-state index is 10.8. The van der Waals surface area contributed by atoms with Crippen molar-refractivity contribution in [3.05, 3.63) is 23.9 Å². The summed E-state index contributed by atoms with van der Waals surface area (Å²) < 4.78 is 0. The molecule has 1 saturated heterocycles. The van der Waals surface area contributed by atoms with Crippen molar-refractivity contribution < 1.29 is 4.79 Å². The third-order valence-corrected chi connectivity index (χ3v) is 2.86. The molecule has 2 rings (SSSR count). The van der Waals surface area contributed by atoms with Crippen LogP contribution in [-0.2, 0) is 4.79 Å². The predicted molar refractivity (Wildman–Crippen MR) is 58.5 cm³/mol. The molecule has 1 amide bonds. The van der Waals surface area contributed by atoms with Crippen molar-refractivity contribution in [2.75, 3.05) is 18.9 Å². The highest BCUT2D eigenvalue weighted by molar-refractivity contribution is 5.49. The molecule has 1 aromatic heterocycles. The summed E-state index contributed by atoms with van der Waals surface area (Å²) in [5, 5.41) is 2.98. The predicted octanol–water partition coefficient (Wildman–Crippen LogP) is 1.42. The van der Waals surface area contributed by atoms with Gasteiger partial charge in [-0.05, 0) is 24.5 Å². The van der Waals surface area contributed by atoms with Crippen LogP contribution < -0.4 is 5.32 Å². The van der Waals surface area contributed by atoms with Gasteiger partial charge in [0.15, 0.2) is 0 Å². The molecule has 0 aromatic carbocycles. The van der Waals surface area contributed by atoms with Crippen molar-refractivity contribution in [3.63, 3.8) is 0 Å². The number of nitrogens with one attached hydrogen (secondary N) is 1. The summed E-state index contributed by atoms with van der Waals surface area (Å²) in [6.45, 7) is 0.863. The summed E-state index contributed by atoms with van der Waals surface area (Å²) in [6, 6.07) is 4.20. The molecule has 0 bridgehead atoms. The number of hydrogen-bond donors (Lipinski definition) is 1. The number of aromatic nitrogens is 1. The second-order valence-corrected chi connectivity index (χ2v) is 3.73. The molecule has 0 spiro atoms. The fourth-order valence-corrected chi connectivity index (χ4v) is 2.02. The van der Waals surface area contributed by atoms with E-state index in [1.165, 1.54) is 0 Å². The number of anilines is 1. The number of pyridine rings is 1. The summed E-state index contributed by atoms with van der Waals surface area (Å²) >= 11 is 0. The molecule has 1 aliphatic heterocycles. The van der Waals surface area contributed by atoms with Crippen molar-refractivity contribution in [1.82, 2.24) is 9.88 Å². The first kappa shape index (κ1) is 9.96. The van der Waals surface area contributed by atoms with Crippen LogP contribution in [0.15, 0.2) is 18.3 Å². The Morgan fingerprint density at radius 3 is 3.07 bits per heavy atom. The minimum atomic E-state index is 0.223. The van der Waals surface area contributed by atoms with Crippen molar-refractivity contribution in [1.29, 1.82) is 0 Å². The summed E-state index contributed by atoms with van der Waals surface area (Å²) in [4.78, 5) is 16.9. The van der Waals surface area contributed by atoms with Crippen molar-refractivity contribution in [2.45, 2.75) is 18.9 Å². The average molecular weight is 205 g/mol. The molecule has 0 aliphatic carbocycles. The van der Waals surface area contributed by atoms with Gasteiger partial charge < -0.3 is 10.2 Å². The molecular formula is C11H15N3O. The zero-order chi connectivity index (χ0) is 10.7. The molecule has 0 radical (unpaired) electrons. The zero-order valence-corrected chi connectivity index (χ0v) is 8.81. The van der Waals surface area contributed by atoms with E-state index in [4.69, 9.17) is 0 Å². The first-order valence-corrected chi connectivity index (χ1v) is 5.20. The normalized spacial score (nSPS) is 20.3. The molecule has 4 heteroatoms. The van der Waals surface area contributed by atoms with Gasteiger partial charge in [-0.3, -0.25) is 4.79 Å². The lowest BCUT2D eigenvalue weighted by molar-refractivity contribution is -0.118. The second kappa shape index (κ2) is 4.29. The number of rotatable bonds is 3. The molecular weight excluding hydrogens is 190 g/mol. The largest absolute Gasteiger partial charge is 0.373 e. The molecule has 4 nitrogen and oxygen atoms in total. The maximum Gasteiger partial charge on any atom is 0.210 e. The van der Waals surface area contributed by atoms with Gasteiger partial charge in [0.2, 0.25) is 6.41 Å². The van der Waals surface area contributed by atoms with Crippen molar-refractivity contribution in [3.8, 4) is 0 Å². The van der Waals surface area contributed by atoms with Crippen LogP contribution in [0.25, 0.3) is 0 Å². The highest BCUT2D eigenvalue weighted by Crippen LogP contribution is 2.30. The number of hydrogen-bond acceptors (Lipinski definition) is 3. The number of nitrogens with zero attached hydrogens (tertiary/aromatic N) is 2. The van der Waals surface area contributed by atoms with E-state index in [1.807, 2.05) is 30.3 Å². The van der Waals surface area contributed by atoms with Crippen molar-refractivity contribution in [2.24, 2.45) is 0 Å². The van der Waals surface area contributed by atoms with Crippen LogP contribution >= 0.6 is 0 Å². The molecule has 1 aliphatic rings. The van der Waals surface area contributed by atoms with Crippen LogP contribution in [0.3, 0.4) is 0 Å². The topological polar surface area (TPSA) is 45.2 Å². The van der Waals surface area contributed by atoms with Gasteiger partial charge >= 0.3 is 0 Å². The van der Waals surface area contributed by atoms with Gasteiger partial charge in [-0.15, -0.1) is 0 Å². The third kappa shape index (κ3) is 1.93. The standard InChI is InChI=1S/C11H15N3O/c1-12-11-5-4-9(7-13-11)10-3-2-6-14(10)8-15/h4-5,7-8,10H,2-3,6H2,1H3,(H,12,13). The summed E-state index contributed by atoms with van der Waals surface area (Å²) in [5.41, 5.74) is 1.12. The Morgan fingerprint density at radius 2 is 2.47 bits per heavy atom. The summed E-state index contributed by atoms with van der Waals surface area (Å²) in [6.07, 6.45) is 4.90. The van der Waals surface area contributed by atoms with Crippen LogP contribution in [0.2, 0.25) is 0 Å². The van der Waals surface area contributed by atoms with Crippen LogP contribution in [-0.4, -0.2) is 29.9 Å². The van der Waals surface area contributed by atoms with E-state index in [9.17, 15) is 4.79 Å². The SMILES string of the molecule is CNc1ccc(C2CCCN2C=O)cn1. The van der Waals surface area contributed by atoms with Gasteiger partial charge in [-0.25, -0.2) is 4.98 Å². The van der Waals surface area contributed by atoms with Gasteiger partial charge in [0.1, 0.15) is 5.82 Å². The van der Waals surface area contributed by atoms with Gasteiger partial charge in [0, 0.05) is 19.8 Å². The minimum absolute atomic E-state index is 0.223. The fourth-order valence-electron chi connectivity index (χ4n) is 2.02. The van der Waals surface area contributed by atoms with E-state index < -0.39 is 0 Å². The Labute approximate surface area is 89.3 Å². The average Bonchev–Trinajstić information content (AvgIpc) is 2.77.